The third-order valence-corrected chi connectivity index (χ3v) is 8.19. The summed E-state index contributed by atoms with van der Waals surface area (Å²) in [5.74, 6) is -2.68. The molecule has 1 aliphatic heterocycles. The number of carbonyl (C=O) groups is 1. The normalized spacial score (nSPS) is 17.1. The maximum atomic E-state index is 13.3. The fraction of sp³-hybridized carbons (Fsp3) is 0.269. The number of benzene rings is 2. The first-order chi connectivity index (χ1) is 19.2. The predicted octanol–water partition coefficient (Wildman–Crippen LogP) is 3.86. The summed E-state index contributed by atoms with van der Waals surface area (Å²) in [6, 6.07) is 10.9. The van der Waals surface area contributed by atoms with Crippen LogP contribution in [-0.2, 0) is 32.8 Å². The second-order valence-electron chi connectivity index (χ2n) is 9.87. The van der Waals surface area contributed by atoms with E-state index in [0.717, 1.165) is 0 Å². The van der Waals surface area contributed by atoms with Crippen molar-refractivity contribution in [3.05, 3.63) is 65.9 Å². The van der Waals surface area contributed by atoms with Crippen molar-refractivity contribution in [1.29, 1.82) is 5.26 Å². The highest BCUT2D eigenvalue weighted by Crippen LogP contribution is 2.36. The van der Waals surface area contributed by atoms with Crippen LogP contribution >= 0.6 is 0 Å². The van der Waals surface area contributed by atoms with E-state index < -0.39 is 44.9 Å². The van der Waals surface area contributed by atoms with Gasteiger partial charge in [0.05, 0.1) is 41.2 Å². The average molecular weight is 587 g/mol. The van der Waals surface area contributed by atoms with Crippen LogP contribution in [0.2, 0.25) is 0 Å². The first-order valence-electron chi connectivity index (χ1n) is 12.0. The number of nitriles is 1. The number of rotatable bonds is 5. The van der Waals surface area contributed by atoms with Gasteiger partial charge in [-0.15, -0.1) is 10.2 Å². The summed E-state index contributed by atoms with van der Waals surface area (Å²) < 4.78 is 75.3. The zero-order chi connectivity index (χ0) is 29.7. The Bertz CT molecular complexity index is 1790. The van der Waals surface area contributed by atoms with Gasteiger partial charge in [-0.25, -0.2) is 13.4 Å². The molecule has 212 valence electrons. The first-order valence-corrected chi connectivity index (χ1v) is 13.7. The zero-order valence-corrected chi connectivity index (χ0v) is 22.3. The number of carbonyl (C=O) groups excluding carboxylic acids is 1. The van der Waals surface area contributed by atoms with Gasteiger partial charge >= 0.3 is 6.18 Å². The fourth-order valence-corrected chi connectivity index (χ4v) is 5.68. The molecule has 2 aromatic heterocycles. The summed E-state index contributed by atoms with van der Waals surface area (Å²) in [5.41, 5.74) is 6.03. The number of fused-ring (bicyclic) bond motifs is 1. The van der Waals surface area contributed by atoms with Crippen LogP contribution in [0.1, 0.15) is 31.1 Å². The van der Waals surface area contributed by atoms with Crippen molar-refractivity contribution in [2.24, 2.45) is 5.73 Å². The Kier molecular flexibility index (Phi) is 6.71. The lowest BCUT2D eigenvalue weighted by molar-refractivity contribution is -0.152. The molecular weight excluding hydrogens is 565 g/mol. The van der Waals surface area contributed by atoms with Crippen molar-refractivity contribution in [2.45, 2.75) is 42.9 Å². The van der Waals surface area contributed by atoms with Crippen LogP contribution in [0.3, 0.4) is 0 Å². The number of alkyl halides is 3. The maximum absolute atomic E-state index is 13.3. The van der Waals surface area contributed by atoms with Crippen molar-refractivity contribution >= 4 is 21.4 Å². The summed E-state index contributed by atoms with van der Waals surface area (Å²) in [4.78, 5) is 18.1. The molecule has 1 aliphatic rings. The van der Waals surface area contributed by atoms with Crippen molar-refractivity contribution in [2.75, 3.05) is 10.7 Å². The van der Waals surface area contributed by atoms with Crippen LogP contribution in [0.15, 0.2) is 62.4 Å². The summed E-state index contributed by atoms with van der Waals surface area (Å²) in [6.45, 7) is 3.07. The number of sulfone groups is 1. The number of nitrogens with two attached hydrogens (primary N) is 1. The third kappa shape index (κ3) is 5.31. The molecule has 5 rings (SSSR count). The molecule has 1 atom stereocenters. The number of hydrogen-bond acceptors (Lipinski definition) is 10. The second-order valence-corrected chi connectivity index (χ2v) is 11.9. The molecule has 0 bridgehead atoms. The smallest absolute Gasteiger partial charge is 0.432 e. The highest BCUT2D eigenvalue weighted by molar-refractivity contribution is 7.91. The van der Waals surface area contributed by atoms with Crippen LogP contribution in [-0.4, -0.2) is 41.3 Å². The zero-order valence-electron chi connectivity index (χ0n) is 21.5. The average Bonchev–Trinajstić information content (AvgIpc) is 3.61. The van der Waals surface area contributed by atoms with Crippen molar-refractivity contribution < 1.29 is 35.2 Å². The van der Waals surface area contributed by atoms with Gasteiger partial charge in [0.25, 0.3) is 0 Å². The van der Waals surface area contributed by atoms with Gasteiger partial charge in [0.2, 0.25) is 29.3 Å². The topological polar surface area (TPSA) is 169 Å². The molecule has 11 nitrogen and oxygen atoms in total. The van der Waals surface area contributed by atoms with Gasteiger partial charge < -0.3 is 19.5 Å². The van der Waals surface area contributed by atoms with Crippen molar-refractivity contribution in [1.82, 2.24) is 15.2 Å². The van der Waals surface area contributed by atoms with Crippen LogP contribution in [0.25, 0.3) is 22.9 Å². The monoisotopic (exact) mass is 586 g/mol. The minimum Gasteiger partial charge on any atom is -0.432 e. The number of anilines is 1. The van der Waals surface area contributed by atoms with E-state index in [1.165, 1.54) is 35.2 Å². The second kappa shape index (κ2) is 9.82. The number of aromatic nitrogens is 3. The predicted molar refractivity (Wildman–Crippen MR) is 137 cm³/mol. The van der Waals surface area contributed by atoms with Gasteiger partial charge in [-0.1, -0.05) is 12.1 Å². The van der Waals surface area contributed by atoms with E-state index in [1.807, 2.05) is 0 Å². The Hall–Kier alpha value is -4.55. The minimum atomic E-state index is -4.68. The molecule has 15 heteroatoms. The van der Waals surface area contributed by atoms with E-state index >= 15 is 0 Å². The molecule has 3 heterocycles. The molecule has 0 saturated heterocycles. The lowest BCUT2D eigenvalue weighted by atomic mass is 9.96. The first kappa shape index (κ1) is 28.0. The number of halogens is 3. The molecule has 0 spiro atoms. The Morgan fingerprint density at radius 2 is 1.76 bits per heavy atom. The van der Waals surface area contributed by atoms with Crippen molar-refractivity contribution in [3.8, 4) is 29.0 Å². The molecule has 2 N–H and O–H groups in total. The van der Waals surface area contributed by atoms with E-state index in [0.29, 0.717) is 17.3 Å². The van der Waals surface area contributed by atoms with Crippen LogP contribution in [0.4, 0.5) is 18.9 Å². The van der Waals surface area contributed by atoms with Crippen LogP contribution in [0, 0.1) is 11.3 Å². The van der Waals surface area contributed by atoms with Crippen LogP contribution in [0.5, 0.6) is 0 Å². The molecule has 0 fully saturated rings. The Balaban J connectivity index is 1.52. The quantitative estimate of drug-likeness (QED) is 0.362. The van der Waals surface area contributed by atoms with Gasteiger partial charge in [0, 0.05) is 11.1 Å². The molecule has 0 radical (unpaired) electrons. The van der Waals surface area contributed by atoms with E-state index in [9.17, 15) is 31.6 Å². The van der Waals surface area contributed by atoms with Gasteiger partial charge in [0.15, 0.2) is 9.84 Å². The van der Waals surface area contributed by atoms with E-state index in [2.05, 4.69) is 21.3 Å². The summed E-state index contributed by atoms with van der Waals surface area (Å²) >= 11 is 0. The molecule has 0 unspecified atom stereocenters. The van der Waals surface area contributed by atoms with Gasteiger partial charge in [-0.05, 0) is 49.7 Å². The number of hydrogen-bond donors (Lipinski definition) is 1. The number of oxazole rings is 1. The van der Waals surface area contributed by atoms with E-state index in [4.69, 9.17) is 14.6 Å². The third-order valence-electron chi connectivity index (χ3n) is 6.38. The molecule has 2 aromatic carbocycles. The molecule has 1 amide bonds. The molecule has 0 aliphatic carbocycles. The SMILES string of the molecule is CC(C)(C#N)c1nnc(-c2ccc3c(c2)N(Cc2ccc(-c4ncc(C(F)(F)F)o4)cc2)C(=O)[C@@H](N)CS3(=O)=O)o1. The minimum absolute atomic E-state index is 0.0120. The molecule has 0 saturated carbocycles. The Morgan fingerprint density at radius 3 is 2.39 bits per heavy atom. The number of amides is 1. The summed E-state index contributed by atoms with van der Waals surface area (Å²) in [6.07, 6.45) is -4.10. The summed E-state index contributed by atoms with van der Waals surface area (Å²) in [5, 5.41) is 17.3. The van der Waals surface area contributed by atoms with Gasteiger partial charge in [-0.3, -0.25) is 4.79 Å². The van der Waals surface area contributed by atoms with Gasteiger partial charge in [0.1, 0.15) is 5.41 Å². The van der Waals surface area contributed by atoms with Gasteiger partial charge in [-0.2, -0.15) is 18.4 Å². The lowest BCUT2D eigenvalue weighted by Crippen LogP contribution is -2.45. The van der Waals surface area contributed by atoms with Crippen molar-refractivity contribution in [3.63, 3.8) is 0 Å². The standard InChI is InChI=1S/C26H21F3N6O5S/c1-25(2,13-30)24-34-33-22(40-24)16-7-8-19-18(9-16)35(23(36)17(31)12-41(19,37)38)11-14-3-5-15(6-4-14)21-32-10-20(39-21)26(27,28)29/h3-10,17H,11-12,31H2,1-2H3/t17-/m0/s1. The summed E-state index contributed by atoms with van der Waals surface area (Å²) in [7, 11) is -3.97. The Morgan fingerprint density at radius 1 is 1.07 bits per heavy atom. The number of nitrogens with zero attached hydrogens (tertiary/aromatic N) is 5. The van der Waals surface area contributed by atoms with E-state index in [-0.39, 0.29) is 40.4 Å². The highest BCUT2D eigenvalue weighted by Gasteiger charge is 2.37. The lowest BCUT2D eigenvalue weighted by Gasteiger charge is -2.24. The van der Waals surface area contributed by atoms with E-state index in [1.54, 1.807) is 26.0 Å². The molecule has 4 aromatic rings. The largest absolute Gasteiger partial charge is 0.451 e. The molecular formula is C26H21F3N6O5S. The maximum Gasteiger partial charge on any atom is 0.451 e. The van der Waals surface area contributed by atoms with Crippen LogP contribution < -0.4 is 10.6 Å². The fourth-order valence-electron chi connectivity index (χ4n) is 4.12. The molecule has 41 heavy (non-hydrogen) atoms. The Labute approximate surface area is 231 Å². The highest BCUT2D eigenvalue weighted by atomic mass is 32.2.